The van der Waals surface area contributed by atoms with Crippen molar-refractivity contribution in [2.75, 3.05) is 13.1 Å². The van der Waals surface area contributed by atoms with E-state index in [0.717, 1.165) is 37.1 Å². The van der Waals surface area contributed by atoms with Gasteiger partial charge in [-0.2, -0.15) is 0 Å². The molecule has 0 spiro atoms. The first-order chi connectivity index (χ1) is 9.31. The summed E-state index contributed by atoms with van der Waals surface area (Å²) in [5.74, 6) is -0.000330. The molecule has 102 valence electrons. The smallest absolute Gasteiger partial charge is 0.126 e. The van der Waals surface area contributed by atoms with Crippen molar-refractivity contribution >= 4 is 0 Å². The number of halogens is 1. The predicted octanol–water partition coefficient (Wildman–Crippen LogP) is 3.74. The summed E-state index contributed by atoms with van der Waals surface area (Å²) in [5, 5.41) is 3.38. The minimum atomic E-state index is -0.130. The Balaban J connectivity index is 2.11. The van der Waals surface area contributed by atoms with Crippen molar-refractivity contribution < 1.29 is 8.81 Å². The van der Waals surface area contributed by atoms with Gasteiger partial charge in [0.1, 0.15) is 5.82 Å². The number of furan rings is 1. The number of hydrogen-bond acceptors (Lipinski definition) is 2. The van der Waals surface area contributed by atoms with Gasteiger partial charge >= 0.3 is 0 Å². The molecular weight excluding hydrogens is 241 g/mol. The lowest BCUT2D eigenvalue weighted by Crippen LogP contribution is -2.24. The van der Waals surface area contributed by atoms with E-state index >= 15 is 0 Å². The Morgan fingerprint density at radius 2 is 2.11 bits per heavy atom. The third-order valence-corrected chi connectivity index (χ3v) is 3.22. The SMILES string of the molecule is CCCNCC(Cc1ccoc1)c1ccccc1F. The molecule has 0 amide bonds. The van der Waals surface area contributed by atoms with Crippen molar-refractivity contribution in [2.24, 2.45) is 0 Å². The van der Waals surface area contributed by atoms with E-state index in [9.17, 15) is 4.39 Å². The van der Waals surface area contributed by atoms with E-state index in [1.165, 1.54) is 6.07 Å². The molecule has 2 rings (SSSR count). The molecule has 1 N–H and O–H groups in total. The summed E-state index contributed by atoms with van der Waals surface area (Å²) in [6.45, 7) is 3.86. The van der Waals surface area contributed by atoms with Crippen molar-refractivity contribution in [1.29, 1.82) is 0 Å². The standard InChI is InChI=1S/C16H20FNO/c1-2-8-18-11-14(10-13-7-9-19-12-13)15-5-3-4-6-16(15)17/h3-7,9,12,14,18H,2,8,10-11H2,1H3. The van der Waals surface area contributed by atoms with Gasteiger partial charge in [0.05, 0.1) is 12.5 Å². The first kappa shape index (κ1) is 13.8. The zero-order chi connectivity index (χ0) is 13.5. The van der Waals surface area contributed by atoms with E-state index in [0.29, 0.717) is 0 Å². The van der Waals surface area contributed by atoms with Gasteiger partial charge < -0.3 is 9.73 Å². The molecule has 0 fully saturated rings. The van der Waals surface area contributed by atoms with Gasteiger partial charge in [0.25, 0.3) is 0 Å². The van der Waals surface area contributed by atoms with Crippen LogP contribution in [-0.2, 0) is 6.42 Å². The highest BCUT2D eigenvalue weighted by atomic mass is 19.1. The maximum Gasteiger partial charge on any atom is 0.126 e. The minimum Gasteiger partial charge on any atom is -0.472 e. The van der Waals surface area contributed by atoms with Crippen LogP contribution in [0.15, 0.2) is 47.3 Å². The second-order valence-corrected chi connectivity index (χ2v) is 4.76. The van der Waals surface area contributed by atoms with Crippen molar-refractivity contribution in [2.45, 2.75) is 25.7 Å². The fourth-order valence-corrected chi connectivity index (χ4v) is 2.24. The third-order valence-electron chi connectivity index (χ3n) is 3.22. The van der Waals surface area contributed by atoms with Crippen LogP contribution in [0, 0.1) is 5.82 Å². The first-order valence-electron chi connectivity index (χ1n) is 6.77. The molecule has 0 saturated heterocycles. The molecule has 0 radical (unpaired) electrons. The highest BCUT2D eigenvalue weighted by Crippen LogP contribution is 2.23. The van der Waals surface area contributed by atoms with E-state index in [1.807, 2.05) is 18.2 Å². The third kappa shape index (κ3) is 3.93. The van der Waals surface area contributed by atoms with Crippen LogP contribution in [0.5, 0.6) is 0 Å². The van der Waals surface area contributed by atoms with E-state index < -0.39 is 0 Å². The Bertz CT molecular complexity index is 481. The van der Waals surface area contributed by atoms with Crippen LogP contribution in [0.1, 0.15) is 30.4 Å². The second kappa shape index (κ2) is 7.10. The molecule has 2 nitrogen and oxygen atoms in total. The molecule has 1 unspecified atom stereocenters. The van der Waals surface area contributed by atoms with Crippen LogP contribution in [0.3, 0.4) is 0 Å². The van der Waals surface area contributed by atoms with Crippen LogP contribution < -0.4 is 5.32 Å². The lowest BCUT2D eigenvalue weighted by atomic mass is 9.92. The van der Waals surface area contributed by atoms with Gasteiger partial charge in [-0.25, -0.2) is 4.39 Å². The van der Waals surface area contributed by atoms with Gasteiger partial charge in [0, 0.05) is 12.5 Å². The van der Waals surface area contributed by atoms with Crippen molar-refractivity contribution in [1.82, 2.24) is 5.32 Å². The average molecular weight is 261 g/mol. The number of nitrogens with one attached hydrogen (secondary N) is 1. The van der Waals surface area contributed by atoms with E-state index in [1.54, 1.807) is 18.6 Å². The number of benzene rings is 1. The lowest BCUT2D eigenvalue weighted by molar-refractivity contribution is 0.529. The molecule has 0 aliphatic heterocycles. The maximum absolute atomic E-state index is 13.9. The first-order valence-corrected chi connectivity index (χ1v) is 6.77. The maximum atomic E-state index is 13.9. The summed E-state index contributed by atoms with van der Waals surface area (Å²) in [7, 11) is 0. The summed E-state index contributed by atoms with van der Waals surface area (Å²) in [5.41, 5.74) is 1.87. The fourth-order valence-electron chi connectivity index (χ4n) is 2.24. The molecule has 1 heterocycles. The van der Waals surface area contributed by atoms with Crippen LogP contribution in [0.4, 0.5) is 4.39 Å². The number of hydrogen-bond donors (Lipinski definition) is 1. The van der Waals surface area contributed by atoms with Gasteiger partial charge in [0.2, 0.25) is 0 Å². The van der Waals surface area contributed by atoms with Gasteiger partial charge in [-0.05, 0) is 42.6 Å². The van der Waals surface area contributed by atoms with Gasteiger partial charge in [-0.1, -0.05) is 25.1 Å². The second-order valence-electron chi connectivity index (χ2n) is 4.76. The Morgan fingerprint density at radius 3 is 2.79 bits per heavy atom. The molecule has 0 aliphatic rings. The van der Waals surface area contributed by atoms with Crippen LogP contribution in [0.2, 0.25) is 0 Å². The molecule has 2 aromatic rings. The zero-order valence-corrected chi connectivity index (χ0v) is 11.2. The molecule has 0 saturated carbocycles. The zero-order valence-electron chi connectivity index (χ0n) is 11.2. The summed E-state index contributed by atoms with van der Waals surface area (Å²) in [6, 6.07) is 8.95. The van der Waals surface area contributed by atoms with Gasteiger partial charge in [0.15, 0.2) is 0 Å². The summed E-state index contributed by atoms with van der Waals surface area (Å²) in [4.78, 5) is 0. The van der Waals surface area contributed by atoms with Crippen LogP contribution >= 0.6 is 0 Å². The lowest BCUT2D eigenvalue weighted by Gasteiger charge is -2.18. The van der Waals surface area contributed by atoms with E-state index in [-0.39, 0.29) is 11.7 Å². The minimum absolute atomic E-state index is 0.130. The molecular formula is C16H20FNO. The molecule has 19 heavy (non-hydrogen) atoms. The molecule has 3 heteroatoms. The fraction of sp³-hybridized carbons (Fsp3) is 0.375. The molecule has 1 aromatic carbocycles. The predicted molar refractivity (Wildman–Crippen MR) is 74.7 cm³/mol. The highest BCUT2D eigenvalue weighted by molar-refractivity contribution is 5.24. The van der Waals surface area contributed by atoms with E-state index in [2.05, 4.69) is 12.2 Å². The van der Waals surface area contributed by atoms with Gasteiger partial charge in [-0.15, -0.1) is 0 Å². The monoisotopic (exact) mass is 261 g/mol. The average Bonchev–Trinajstić information content (AvgIpc) is 2.91. The Kier molecular flexibility index (Phi) is 5.16. The van der Waals surface area contributed by atoms with Gasteiger partial charge in [-0.3, -0.25) is 0 Å². The topological polar surface area (TPSA) is 25.2 Å². The van der Waals surface area contributed by atoms with Crippen molar-refractivity contribution in [3.63, 3.8) is 0 Å². The molecule has 0 aliphatic carbocycles. The molecule has 1 atom stereocenters. The molecule has 1 aromatic heterocycles. The Labute approximate surface area is 113 Å². The summed E-state index contributed by atoms with van der Waals surface area (Å²) >= 11 is 0. The summed E-state index contributed by atoms with van der Waals surface area (Å²) < 4.78 is 19.0. The normalized spacial score (nSPS) is 12.5. The van der Waals surface area contributed by atoms with Crippen molar-refractivity contribution in [3.05, 3.63) is 59.8 Å². The Hall–Kier alpha value is -1.61. The number of rotatable bonds is 7. The van der Waals surface area contributed by atoms with Crippen LogP contribution in [0.25, 0.3) is 0 Å². The van der Waals surface area contributed by atoms with Crippen molar-refractivity contribution in [3.8, 4) is 0 Å². The summed E-state index contributed by atoms with van der Waals surface area (Å²) in [6.07, 6.45) is 5.25. The van der Waals surface area contributed by atoms with E-state index in [4.69, 9.17) is 4.42 Å². The molecule has 0 bridgehead atoms. The Morgan fingerprint density at radius 1 is 1.26 bits per heavy atom. The quantitative estimate of drug-likeness (QED) is 0.768. The largest absolute Gasteiger partial charge is 0.472 e. The highest BCUT2D eigenvalue weighted by Gasteiger charge is 2.16. The van der Waals surface area contributed by atoms with Crippen LogP contribution in [-0.4, -0.2) is 13.1 Å².